The van der Waals surface area contributed by atoms with Crippen molar-refractivity contribution in [1.82, 2.24) is 0 Å². The molecule has 1 N–H and O–H groups in total. The highest BCUT2D eigenvalue weighted by molar-refractivity contribution is 7.47. The largest absolute Gasteiger partial charge is 0.472 e. The Bertz CT molecular complexity index is 578. The lowest BCUT2D eigenvalue weighted by Gasteiger charge is -2.31. The van der Waals surface area contributed by atoms with Crippen LogP contribution in [-0.2, 0) is 36.7 Å². The van der Waals surface area contributed by atoms with E-state index in [0.717, 1.165) is 0 Å². The van der Waals surface area contributed by atoms with Crippen molar-refractivity contribution in [1.29, 1.82) is 0 Å². The highest BCUT2D eigenvalue weighted by Gasteiger charge is 2.49. The second kappa shape index (κ2) is 8.32. The highest BCUT2D eigenvalue weighted by atomic mass is 31.2. The first-order valence-corrected chi connectivity index (χ1v) is 10.6. The first-order chi connectivity index (χ1) is 11.5. The molecular weight excluding hydrogens is 373 g/mol. The Labute approximate surface area is 148 Å². The van der Waals surface area contributed by atoms with E-state index in [1.54, 1.807) is 13.8 Å². The van der Waals surface area contributed by atoms with Gasteiger partial charge in [0.25, 0.3) is 0 Å². The molecule has 25 heavy (non-hydrogen) atoms. The van der Waals surface area contributed by atoms with E-state index in [9.17, 15) is 18.6 Å². The minimum atomic E-state index is -4.44. The fourth-order valence-electron chi connectivity index (χ4n) is 3.23. The maximum absolute atomic E-state index is 12.3. The summed E-state index contributed by atoms with van der Waals surface area (Å²) in [5.41, 5.74) is -1.24. The number of hydrogen-bond donors (Lipinski definition) is 1. The molecule has 0 amide bonds. The molecule has 2 saturated heterocycles. The number of rotatable bonds is 8. The third kappa shape index (κ3) is 5.98. The standard InChI is InChI=1S/C13H23BO9P2/c1-8-4-10(14)11(21-8)6-20-25(17,18)23-13(3)5-9(2)22-12(13)7-19-24(15)16/h8-12H,4-7H2,1-3H3,(H,17,18)/t8-,9-,10+,11+,12+,13+/m0/s1. The van der Waals surface area contributed by atoms with Gasteiger partial charge in [0.05, 0.1) is 39.4 Å². The zero-order valence-electron chi connectivity index (χ0n) is 14.4. The maximum Gasteiger partial charge on any atom is 0.472 e. The Morgan fingerprint density at radius 2 is 1.96 bits per heavy atom. The van der Waals surface area contributed by atoms with Gasteiger partial charge >= 0.3 is 15.7 Å². The van der Waals surface area contributed by atoms with Crippen LogP contribution in [0.15, 0.2) is 0 Å². The van der Waals surface area contributed by atoms with Crippen molar-refractivity contribution in [2.75, 3.05) is 13.2 Å². The minimum Gasteiger partial charge on any atom is -0.373 e. The topological polar surface area (TPSA) is 118 Å². The Balaban J connectivity index is 1.95. The van der Waals surface area contributed by atoms with E-state index in [4.69, 9.17) is 26.4 Å². The molecule has 7 atom stereocenters. The first kappa shape index (κ1) is 21.3. The van der Waals surface area contributed by atoms with Crippen LogP contribution in [0.25, 0.3) is 0 Å². The van der Waals surface area contributed by atoms with Crippen LogP contribution in [0.2, 0.25) is 5.82 Å². The number of ether oxygens (including phenoxy) is 2. The van der Waals surface area contributed by atoms with E-state index in [0.29, 0.717) is 6.42 Å². The summed E-state index contributed by atoms with van der Waals surface area (Å²) in [6.45, 7) is 4.66. The van der Waals surface area contributed by atoms with Crippen LogP contribution in [0.3, 0.4) is 0 Å². The molecule has 2 aliphatic heterocycles. The summed E-state index contributed by atoms with van der Waals surface area (Å²) < 4.78 is 59.5. The fraction of sp³-hybridized carbons (Fsp3) is 1.00. The lowest BCUT2D eigenvalue weighted by molar-refractivity contribution is -0.0592. The van der Waals surface area contributed by atoms with Gasteiger partial charge < -0.3 is 14.4 Å². The summed E-state index contributed by atoms with van der Waals surface area (Å²) in [6.07, 6.45) is -0.740. The van der Waals surface area contributed by atoms with Gasteiger partial charge in [-0.25, -0.2) is 13.7 Å². The average molecular weight is 396 g/mol. The average Bonchev–Trinajstić information content (AvgIpc) is 2.92. The van der Waals surface area contributed by atoms with Crippen molar-refractivity contribution in [3.8, 4) is 0 Å². The summed E-state index contributed by atoms with van der Waals surface area (Å²) in [7, 11) is -1.61. The molecule has 2 radical (unpaired) electrons. The predicted molar refractivity (Wildman–Crippen MR) is 86.9 cm³/mol. The van der Waals surface area contributed by atoms with Crippen LogP contribution in [0.1, 0.15) is 33.6 Å². The van der Waals surface area contributed by atoms with E-state index in [1.807, 2.05) is 6.92 Å². The summed E-state index contributed by atoms with van der Waals surface area (Å²) in [5, 5.41) is 0. The smallest absolute Gasteiger partial charge is 0.373 e. The molecule has 2 fully saturated rings. The quantitative estimate of drug-likeness (QED) is 0.487. The minimum absolute atomic E-state index is 0.0419. The molecule has 0 aliphatic carbocycles. The first-order valence-electron chi connectivity index (χ1n) is 8.02. The molecule has 9 nitrogen and oxygen atoms in total. The van der Waals surface area contributed by atoms with Gasteiger partial charge in [-0.1, -0.05) is 0 Å². The normalized spacial score (nSPS) is 40.9. The van der Waals surface area contributed by atoms with E-state index >= 15 is 0 Å². The Kier molecular flexibility index (Phi) is 7.07. The molecule has 0 aromatic heterocycles. The molecule has 0 aromatic carbocycles. The number of phosphoric ester groups is 1. The monoisotopic (exact) mass is 396 g/mol. The third-order valence-corrected chi connectivity index (χ3v) is 5.80. The zero-order valence-corrected chi connectivity index (χ0v) is 16.2. The molecule has 142 valence electrons. The SMILES string of the molecule is [B][C@@H]1C[C@H](C)O[C@@H]1COP(=O)(O)O[C@]1(C)C[C@H](C)O[C@@H]1COP(=O)=O. The van der Waals surface area contributed by atoms with Gasteiger partial charge in [-0.2, -0.15) is 0 Å². The number of phosphoric acid groups is 1. The molecule has 12 heteroatoms. The number of hydrogen-bond acceptors (Lipinski definition) is 8. The molecule has 2 rings (SSSR count). The van der Waals surface area contributed by atoms with Crippen LogP contribution >= 0.6 is 15.7 Å². The van der Waals surface area contributed by atoms with Gasteiger partial charge in [-0.15, -0.1) is 0 Å². The van der Waals surface area contributed by atoms with Crippen LogP contribution in [0.4, 0.5) is 0 Å². The van der Waals surface area contributed by atoms with Gasteiger partial charge in [-0.3, -0.25) is 13.6 Å². The summed E-state index contributed by atoms with van der Waals surface area (Å²) >= 11 is 0. The van der Waals surface area contributed by atoms with Crippen molar-refractivity contribution in [2.45, 2.75) is 69.4 Å². The van der Waals surface area contributed by atoms with Gasteiger partial charge in [0.2, 0.25) is 0 Å². The molecule has 0 spiro atoms. The maximum atomic E-state index is 12.3. The molecule has 0 saturated carbocycles. The summed E-state index contributed by atoms with van der Waals surface area (Å²) in [6, 6.07) is 0. The molecule has 2 heterocycles. The predicted octanol–water partition coefficient (Wildman–Crippen LogP) is 2.29. The molecule has 0 aromatic rings. The van der Waals surface area contributed by atoms with Crippen LogP contribution in [-0.4, -0.2) is 56.0 Å². The molecular formula is C13H23BO9P2. The van der Waals surface area contributed by atoms with Gasteiger partial charge in [0.15, 0.2) is 0 Å². The third-order valence-electron chi connectivity index (χ3n) is 4.32. The lowest BCUT2D eigenvalue weighted by atomic mass is 9.81. The van der Waals surface area contributed by atoms with Crippen LogP contribution < -0.4 is 0 Å². The van der Waals surface area contributed by atoms with Crippen molar-refractivity contribution < 1.29 is 41.6 Å². The molecule has 2 aliphatic rings. The van der Waals surface area contributed by atoms with Crippen molar-refractivity contribution in [2.24, 2.45) is 0 Å². The van der Waals surface area contributed by atoms with Gasteiger partial charge in [-0.05, 0) is 33.0 Å². The lowest BCUT2D eigenvalue weighted by Crippen LogP contribution is -2.40. The second-order valence-electron chi connectivity index (χ2n) is 6.71. The van der Waals surface area contributed by atoms with E-state index < -0.39 is 33.5 Å². The Hall–Kier alpha value is -0.0451. The van der Waals surface area contributed by atoms with Crippen molar-refractivity contribution >= 4 is 23.6 Å². The van der Waals surface area contributed by atoms with Crippen LogP contribution in [0, 0.1) is 0 Å². The van der Waals surface area contributed by atoms with Gasteiger partial charge in [0, 0.05) is 6.42 Å². The molecule has 0 bridgehead atoms. The Morgan fingerprint density at radius 1 is 1.28 bits per heavy atom. The van der Waals surface area contributed by atoms with Gasteiger partial charge in [0.1, 0.15) is 11.7 Å². The van der Waals surface area contributed by atoms with E-state index in [2.05, 4.69) is 4.52 Å². The fourth-order valence-corrected chi connectivity index (χ4v) is 4.59. The van der Waals surface area contributed by atoms with E-state index in [-0.39, 0.29) is 37.7 Å². The van der Waals surface area contributed by atoms with Crippen molar-refractivity contribution in [3.63, 3.8) is 0 Å². The highest BCUT2D eigenvalue weighted by Crippen LogP contribution is 2.52. The van der Waals surface area contributed by atoms with Crippen LogP contribution in [0.5, 0.6) is 0 Å². The molecule has 1 unspecified atom stereocenters. The Morgan fingerprint density at radius 3 is 2.52 bits per heavy atom. The zero-order chi connectivity index (χ0) is 18.8. The summed E-state index contributed by atoms with van der Waals surface area (Å²) in [4.78, 5) is 10.0. The van der Waals surface area contributed by atoms with E-state index in [1.165, 1.54) is 0 Å². The second-order valence-corrected chi connectivity index (χ2v) is 8.80. The summed E-state index contributed by atoms with van der Waals surface area (Å²) in [5.74, 6) is -0.282. The van der Waals surface area contributed by atoms with Crippen molar-refractivity contribution in [3.05, 3.63) is 0 Å².